The van der Waals surface area contributed by atoms with Crippen molar-refractivity contribution in [3.63, 3.8) is 0 Å². The van der Waals surface area contributed by atoms with E-state index >= 15 is 0 Å². The highest BCUT2D eigenvalue weighted by Gasteiger charge is 2.36. The SMILES string of the molecule is Cc1ccc(S(=O)(=O)CCC(=O)N2CCCCC2C2OCCO2)cc1. The van der Waals surface area contributed by atoms with Crippen LogP contribution >= 0.6 is 0 Å². The fourth-order valence-corrected chi connectivity index (χ4v) is 4.61. The Morgan fingerprint density at radius 3 is 2.52 bits per heavy atom. The number of hydrogen-bond donors (Lipinski definition) is 0. The van der Waals surface area contributed by atoms with Crippen molar-refractivity contribution in [2.45, 2.75) is 49.8 Å². The van der Waals surface area contributed by atoms with E-state index in [1.165, 1.54) is 0 Å². The first kappa shape index (κ1) is 18.4. The number of aryl methyl sites for hydroxylation is 1. The van der Waals surface area contributed by atoms with Gasteiger partial charge in [-0.15, -0.1) is 0 Å². The van der Waals surface area contributed by atoms with Crippen molar-refractivity contribution >= 4 is 15.7 Å². The number of piperidine rings is 1. The van der Waals surface area contributed by atoms with E-state index in [9.17, 15) is 13.2 Å². The Bertz CT molecular complexity index is 695. The van der Waals surface area contributed by atoms with Gasteiger partial charge in [-0.1, -0.05) is 17.7 Å². The van der Waals surface area contributed by atoms with E-state index in [1.807, 2.05) is 6.92 Å². The lowest BCUT2D eigenvalue weighted by Crippen LogP contribution is -2.50. The van der Waals surface area contributed by atoms with Crippen molar-refractivity contribution in [2.24, 2.45) is 0 Å². The molecule has 3 rings (SSSR count). The van der Waals surface area contributed by atoms with Gasteiger partial charge in [0.05, 0.1) is 29.9 Å². The van der Waals surface area contributed by atoms with E-state index in [-0.39, 0.29) is 35.3 Å². The molecule has 0 bridgehead atoms. The summed E-state index contributed by atoms with van der Waals surface area (Å²) in [5.41, 5.74) is 1.00. The van der Waals surface area contributed by atoms with Crippen LogP contribution in [0.25, 0.3) is 0 Å². The maximum atomic E-state index is 12.6. The van der Waals surface area contributed by atoms with Crippen molar-refractivity contribution in [2.75, 3.05) is 25.5 Å². The van der Waals surface area contributed by atoms with E-state index in [0.717, 1.165) is 24.8 Å². The molecule has 25 heavy (non-hydrogen) atoms. The molecule has 0 saturated carbocycles. The van der Waals surface area contributed by atoms with Crippen molar-refractivity contribution in [3.05, 3.63) is 29.8 Å². The van der Waals surface area contributed by atoms with Gasteiger partial charge in [0, 0.05) is 13.0 Å². The van der Waals surface area contributed by atoms with Crippen LogP contribution in [0, 0.1) is 6.92 Å². The van der Waals surface area contributed by atoms with Crippen molar-refractivity contribution in [1.82, 2.24) is 4.90 Å². The number of carbonyl (C=O) groups excluding carboxylic acids is 1. The Morgan fingerprint density at radius 1 is 1.16 bits per heavy atom. The predicted molar refractivity (Wildman–Crippen MR) is 92.9 cm³/mol. The van der Waals surface area contributed by atoms with Crippen LogP contribution in [0.1, 0.15) is 31.2 Å². The number of carbonyl (C=O) groups is 1. The molecule has 0 spiro atoms. The first-order chi connectivity index (χ1) is 12.0. The molecule has 2 aliphatic rings. The lowest BCUT2D eigenvalue weighted by molar-refractivity contribution is -0.150. The third kappa shape index (κ3) is 4.40. The molecule has 7 heteroatoms. The summed E-state index contributed by atoms with van der Waals surface area (Å²) < 4.78 is 36.0. The van der Waals surface area contributed by atoms with Crippen LogP contribution in [0.3, 0.4) is 0 Å². The maximum absolute atomic E-state index is 12.6. The highest BCUT2D eigenvalue weighted by Crippen LogP contribution is 2.25. The van der Waals surface area contributed by atoms with E-state index in [0.29, 0.717) is 19.8 Å². The van der Waals surface area contributed by atoms with Gasteiger partial charge in [-0.3, -0.25) is 4.79 Å². The van der Waals surface area contributed by atoms with Crippen LogP contribution in [-0.4, -0.2) is 57.1 Å². The molecule has 1 atom stereocenters. The first-order valence-corrected chi connectivity index (χ1v) is 10.4. The van der Waals surface area contributed by atoms with Gasteiger partial charge in [0.25, 0.3) is 0 Å². The lowest BCUT2D eigenvalue weighted by Gasteiger charge is -2.38. The summed E-state index contributed by atoms with van der Waals surface area (Å²) in [6.45, 7) is 3.64. The summed E-state index contributed by atoms with van der Waals surface area (Å²) in [7, 11) is -3.46. The number of rotatable bonds is 5. The van der Waals surface area contributed by atoms with Crippen LogP contribution in [0.4, 0.5) is 0 Å². The van der Waals surface area contributed by atoms with Crippen LogP contribution < -0.4 is 0 Å². The zero-order chi connectivity index (χ0) is 17.9. The van der Waals surface area contributed by atoms with Gasteiger partial charge in [-0.25, -0.2) is 8.42 Å². The number of hydrogen-bond acceptors (Lipinski definition) is 5. The smallest absolute Gasteiger partial charge is 0.224 e. The predicted octanol–water partition coefficient (Wildman–Crippen LogP) is 1.91. The third-order valence-corrected chi connectivity index (χ3v) is 6.53. The summed E-state index contributed by atoms with van der Waals surface area (Å²) >= 11 is 0. The number of ether oxygens (including phenoxy) is 2. The zero-order valence-corrected chi connectivity index (χ0v) is 15.3. The van der Waals surface area contributed by atoms with Gasteiger partial charge in [0.15, 0.2) is 16.1 Å². The summed E-state index contributed by atoms with van der Waals surface area (Å²) in [5.74, 6) is -0.315. The number of benzene rings is 1. The Kier molecular flexibility index (Phi) is 5.76. The molecule has 0 radical (unpaired) electrons. The molecule has 1 aromatic carbocycles. The number of likely N-dealkylation sites (tertiary alicyclic amines) is 1. The summed E-state index contributed by atoms with van der Waals surface area (Å²) in [6.07, 6.45) is 2.40. The molecule has 2 aliphatic heterocycles. The maximum Gasteiger partial charge on any atom is 0.224 e. The molecule has 0 aromatic heterocycles. The Balaban J connectivity index is 1.63. The van der Waals surface area contributed by atoms with Gasteiger partial charge in [0.2, 0.25) is 5.91 Å². The second-order valence-corrected chi connectivity index (χ2v) is 8.75. The van der Waals surface area contributed by atoms with E-state index in [1.54, 1.807) is 29.2 Å². The minimum absolute atomic E-state index is 0.0145. The highest BCUT2D eigenvalue weighted by molar-refractivity contribution is 7.91. The normalized spacial score (nSPS) is 22.3. The summed E-state index contributed by atoms with van der Waals surface area (Å²) in [6, 6.07) is 6.62. The largest absolute Gasteiger partial charge is 0.348 e. The van der Waals surface area contributed by atoms with Crippen molar-refractivity contribution in [3.8, 4) is 0 Å². The molecule has 2 saturated heterocycles. The van der Waals surface area contributed by atoms with Gasteiger partial charge < -0.3 is 14.4 Å². The fraction of sp³-hybridized carbons (Fsp3) is 0.611. The topological polar surface area (TPSA) is 72.9 Å². The molecule has 0 N–H and O–H groups in total. The van der Waals surface area contributed by atoms with Gasteiger partial charge in [-0.2, -0.15) is 0 Å². The number of amides is 1. The lowest BCUT2D eigenvalue weighted by atomic mass is 10.0. The average molecular weight is 367 g/mol. The van der Waals surface area contributed by atoms with Crippen LogP contribution in [0.2, 0.25) is 0 Å². The molecule has 138 valence electrons. The summed E-state index contributed by atoms with van der Waals surface area (Å²) in [4.78, 5) is 14.7. The Hall–Kier alpha value is -1.44. The summed E-state index contributed by atoms with van der Waals surface area (Å²) in [5, 5.41) is 0. The van der Waals surface area contributed by atoms with Crippen LogP contribution in [-0.2, 0) is 24.1 Å². The standard InChI is InChI=1S/C18H25NO5S/c1-14-5-7-15(8-6-14)25(21,22)13-9-17(20)19-10-3-2-4-16(19)18-23-11-12-24-18/h5-8,16,18H,2-4,9-13H2,1H3. The minimum Gasteiger partial charge on any atom is -0.348 e. The third-order valence-electron chi connectivity index (χ3n) is 4.80. The van der Waals surface area contributed by atoms with Gasteiger partial charge in [-0.05, 0) is 38.3 Å². The van der Waals surface area contributed by atoms with Crippen molar-refractivity contribution < 1.29 is 22.7 Å². The fourth-order valence-electron chi connectivity index (χ4n) is 3.38. The zero-order valence-electron chi connectivity index (χ0n) is 14.5. The molecule has 6 nitrogen and oxygen atoms in total. The molecule has 1 aromatic rings. The molecule has 1 amide bonds. The van der Waals surface area contributed by atoms with Crippen LogP contribution in [0.5, 0.6) is 0 Å². The highest BCUT2D eigenvalue weighted by atomic mass is 32.2. The first-order valence-electron chi connectivity index (χ1n) is 8.79. The molecule has 2 heterocycles. The molecule has 0 aliphatic carbocycles. The quantitative estimate of drug-likeness (QED) is 0.795. The van der Waals surface area contributed by atoms with E-state index in [4.69, 9.17) is 9.47 Å². The Labute approximate surface area is 149 Å². The average Bonchev–Trinajstić information content (AvgIpc) is 3.15. The molecular weight excluding hydrogens is 342 g/mol. The van der Waals surface area contributed by atoms with Crippen molar-refractivity contribution in [1.29, 1.82) is 0 Å². The van der Waals surface area contributed by atoms with Gasteiger partial charge >= 0.3 is 0 Å². The van der Waals surface area contributed by atoms with E-state index < -0.39 is 9.84 Å². The second-order valence-electron chi connectivity index (χ2n) is 6.64. The second kappa shape index (κ2) is 7.85. The molecular formula is C18H25NO5S. The van der Waals surface area contributed by atoms with Gasteiger partial charge in [0.1, 0.15) is 0 Å². The monoisotopic (exact) mass is 367 g/mol. The number of sulfone groups is 1. The Morgan fingerprint density at radius 2 is 1.84 bits per heavy atom. The van der Waals surface area contributed by atoms with Crippen LogP contribution in [0.15, 0.2) is 29.2 Å². The van der Waals surface area contributed by atoms with E-state index in [2.05, 4.69) is 0 Å². The molecule has 2 fully saturated rings. The number of nitrogens with zero attached hydrogens (tertiary/aromatic N) is 1. The minimum atomic E-state index is -3.46. The molecule has 1 unspecified atom stereocenters.